The summed E-state index contributed by atoms with van der Waals surface area (Å²) in [6, 6.07) is 8.20. The van der Waals surface area contributed by atoms with Crippen molar-refractivity contribution < 1.29 is 38.5 Å². The van der Waals surface area contributed by atoms with Crippen molar-refractivity contribution in [2.75, 3.05) is 6.61 Å². The van der Waals surface area contributed by atoms with Gasteiger partial charge in [-0.05, 0) is 5.92 Å². The standard InChI is InChI=1S/C18H22O8/c1-11(2)10-24-18(23)16(13-7-5-4-6-8-13)26-15(20)9-14(17(21)22)25-12(3)19/h4-8,11,14,16H,9-10H2,1-3H3,(H,21,22)/t14-,16-/m0/s1. The van der Waals surface area contributed by atoms with Crippen LogP contribution in [0.2, 0.25) is 0 Å². The molecular weight excluding hydrogens is 344 g/mol. The fourth-order valence-electron chi connectivity index (χ4n) is 1.92. The van der Waals surface area contributed by atoms with Crippen LogP contribution in [0.4, 0.5) is 0 Å². The maximum Gasteiger partial charge on any atom is 0.352 e. The van der Waals surface area contributed by atoms with E-state index < -0.39 is 42.5 Å². The second-order valence-corrected chi connectivity index (χ2v) is 5.94. The van der Waals surface area contributed by atoms with Gasteiger partial charge in [0.15, 0.2) is 0 Å². The minimum absolute atomic E-state index is 0.0893. The van der Waals surface area contributed by atoms with Gasteiger partial charge in [0.05, 0.1) is 13.0 Å². The van der Waals surface area contributed by atoms with Crippen LogP contribution in [0.3, 0.4) is 0 Å². The first-order valence-corrected chi connectivity index (χ1v) is 8.01. The molecular formula is C18H22O8. The van der Waals surface area contributed by atoms with Crippen molar-refractivity contribution in [1.29, 1.82) is 0 Å². The fourth-order valence-corrected chi connectivity index (χ4v) is 1.92. The van der Waals surface area contributed by atoms with Gasteiger partial charge in [0.1, 0.15) is 0 Å². The van der Waals surface area contributed by atoms with Gasteiger partial charge < -0.3 is 19.3 Å². The van der Waals surface area contributed by atoms with Crippen molar-refractivity contribution in [3.63, 3.8) is 0 Å². The van der Waals surface area contributed by atoms with E-state index in [1.807, 2.05) is 13.8 Å². The molecule has 0 aliphatic carbocycles. The maximum absolute atomic E-state index is 12.3. The molecule has 0 bridgehead atoms. The molecule has 8 heteroatoms. The minimum atomic E-state index is -1.69. The number of esters is 3. The molecule has 0 saturated heterocycles. The van der Waals surface area contributed by atoms with E-state index in [4.69, 9.17) is 14.6 Å². The molecule has 0 aromatic heterocycles. The highest BCUT2D eigenvalue weighted by molar-refractivity contribution is 5.85. The van der Waals surface area contributed by atoms with Crippen molar-refractivity contribution in [3.8, 4) is 0 Å². The summed E-state index contributed by atoms with van der Waals surface area (Å²) < 4.78 is 14.8. The van der Waals surface area contributed by atoms with E-state index in [-0.39, 0.29) is 12.5 Å². The average Bonchev–Trinajstić information content (AvgIpc) is 2.57. The summed E-state index contributed by atoms with van der Waals surface area (Å²) in [4.78, 5) is 46.4. The highest BCUT2D eigenvalue weighted by atomic mass is 16.6. The van der Waals surface area contributed by atoms with Gasteiger partial charge in [0, 0.05) is 12.5 Å². The molecule has 2 atom stereocenters. The Balaban J connectivity index is 2.87. The maximum atomic E-state index is 12.3. The Morgan fingerprint density at radius 3 is 2.15 bits per heavy atom. The Kier molecular flexibility index (Phi) is 8.27. The number of benzene rings is 1. The van der Waals surface area contributed by atoms with Gasteiger partial charge in [-0.2, -0.15) is 0 Å². The third-order valence-corrected chi connectivity index (χ3v) is 3.06. The van der Waals surface area contributed by atoms with Gasteiger partial charge >= 0.3 is 23.9 Å². The molecule has 1 rings (SSSR count). The van der Waals surface area contributed by atoms with Crippen LogP contribution < -0.4 is 0 Å². The molecule has 0 radical (unpaired) electrons. The molecule has 1 N–H and O–H groups in total. The summed E-state index contributed by atoms with van der Waals surface area (Å²) in [7, 11) is 0. The van der Waals surface area contributed by atoms with Crippen molar-refractivity contribution in [3.05, 3.63) is 35.9 Å². The van der Waals surface area contributed by atoms with Crippen LogP contribution in [-0.4, -0.2) is 41.7 Å². The highest BCUT2D eigenvalue weighted by Gasteiger charge is 2.31. The first-order chi connectivity index (χ1) is 12.2. The molecule has 0 amide bonds. The van der Waals surface area contributed by atoms with Gasteiger partial charge in [0.25, 0.3) is 0 Å². The number of carboxylic acids is 1. The van der Waals surface area contributed by atoms with Crippen LogP contribution in [0.15, 0.2) is 30.3 Å². The van der Waals surface area contributed by atoms with Crippen LogP contribution in [0.5, 0.6) is 0 Å². The summed E-state index contributed by atoms with van der Waals surface area (Å²) in [6.07, 6.45) is -3.76. The molecule has 8 nitrogen and oxygen atoms in total. The van der Waals surface area contributed by atoms with Gasteiger partial charge in [-0.15, -0.1) is 0 Å². The lowest BCUT2D eigenvalue weighted by Gasteiger charge is -2.19. The first kappa shape index (κ1) is 21.1. The molecule has 26 heavy (non-hydrogen) atoms. The van der Waals surface area contributed by atoms with Gasteiger partial charge in [-0.1, -0.05) is 44.2 Å². The summed E-state index contributed by atoms with van der Waals surface area (Å²) in [5.74, 6) is -4.02. The summed E-state index contributed by atoms with van der Waals surface area (Å²) in [5.41, 5.74) is 0.383. The Morgan fingerprint density at radius 1 is 1.04 bits per heavy atom. The normalized spacial score (nSPS) is 12.8. The van der Waals surface area contributed by atoms with E-state index in [2.05, 4.69) is 4.74 Å². The van der Waals surface area contributed by atoms with Crippen molar-refractivity contribution in [2.45, 2.75) is 39.4 Å². The number of carboxylic acid groups (broad SMARTS) is 1. The van der Waals surface area contributed by atoms with Crippen molar-refractivity contribution >= 4 is 23.9 Å². The van der Waals surface area contributed by atoms with Gasteiger partial charge in [-0.25, -0.2) is 9.59 Å². The van der Waals surface area contributed by atoms with E-state index in [1.54, 1.807) is 30.3 Å². The molecule has 1 aromatic rings. The predicted molar refractivity (Wildman–Crippen MR) is 88.9 cm³/mol. The number of rotatable bonds is 9. The van der Waals surface area contributed by atoms with E-state index >= 15 is 0 Å². The van der Waals surface area contributed by atoms with Crippen molar-refractivity contribution in [2.24, 2.45) is 5.92 Å². The van der Waals surface area contributed by atoms with Gasteiger partial charge in [0.2, 0.25) is 12.2 Å². The number of aliphatic carboxylic acids is 1. The van der Waals surface area contributed by atoms with Crippen LogP contribution in [0.1, 0.15) is 38.9 Å². The van der Waals surface area contributed by atoms with Crippen molar-refractivity contribution in [1.82, 2.24) is 0 Å². The Labute approximate surface area is 151 Å². The lowest BCUT2D eigenvalue weighted by Crippen LogP contribution is -2.31. The molecule has 142 valence electrons. The van der Waals surface area contributed by atoms with Gasteiger partial charge in [-0.3, -0.25) is 9.59 Å². The number of carbonyl (C=O) groups excluding carboxylic acids is 3. The average molecular weight is 366 g/mol. The molecule has 0 aliphatic heterocycles. The SMILES string of the molecule is CC(=O)O[C@@H](CC(=O)O[C@H](C(=O)OCC(C)C)c1ccccc1)C(=O)O. The number of hydrogen-bond acceptors (Lipinski definition) is 7. The molecule has 0 heterocycles. The number of carbonyl (C=O) groups is 4. The quantitative estimate of drug-likeness (QED) is 0.520. The molecule has 0 aliphatic rings. The zero-order chi connectivity index (χ0) is 19.7. The molecule has 1 aromatic carbocycles. The number of ether oxygens (including phenoxy) is 3. The van der Waals surface area contributed by atoms with E-state index in [9.17, 15) is 19.2 Å². The predicted octanol–water partition coefficient (Wildman–Crippen LogP) is 1.88. The lowest BCUT2D eigenvalue weighted by atomic mass is 10.1. The third kappa shape index (κ3) is 7.33. The van der Waals surface area contributed by atoms with Crippen LogP contribution >= 0.6 is 0 Å². The second-order valence-electron chi connectivity index (χ2n) is 5.94. The summed E-state index contributed by atoms with van der Waals surface area (Å²) in [5, 5.41) is 9.00. The molecule has 0 saturated carbocycles. The molecule has 0 unspecified atom stereocenters. The van der Waals surface area contributed by atoms with Crippen LogP contribution in [-0.2, 0) is 33.4 Å². The van der Waals surface area contributed by atoms with E-state index in [0.29, 0.717) is 5.56 Å². The molecule has 0 spiro atoms. The number of hydrogen-bond donors (Lipinski definition) is 1. The van der Waals surface area contributed by atoms with E-state index in [0.717, 1.165) is 6.92 Å². The zero-order valence-corrected chi connectivity index (χ0v) is 14.8. The lowest BCUT2D eigenvalue weighted by molar-refractivity contribution is -0.175. The smallest absolute Gasteiger partial charge is 0.352 e. The monoisotopic (exact) mass is 366 g/mol. The molecule has 0 fully saturated rings. The third-order valence-electron chi connectivity index (χ3n) is 3.06. The highest BCUT2D eigenvalue weighted by Crippen LogP contribution is 2.21. The minimum Gasteiger partial charge on any atom is -0.478 e. The Morgan fingerprint density at radius 2 is 1.65 bits per heavy atom. The Bertz CT molecular complexity index is 638. The van der Waals surface area contributed by atoms with Crippen LogP contribution in [0.25, 0.3) is 0 Å². The first-order valence-electron chi connectivity index (χ1n) is 8.01. The summed E-state index contributed by atoms with van der Waals surface area (Å²) >= 11 is 0. The summed E-state index contributed by atoms with van der Waals surface area (Å²) in [6.45, 7) is 4.88. The van der Waals surface area contributed by atoms with E-state index in [1.165, 1.54) is 0 Å². The zero-order valence-electron chi connectivity index (χ0n) is 14.8. The topological polar surface area (TPSA) is 116 Å². The fraction of sp³-hybridized carbons (Fsp3) is 0.444. The largest absolute Gasteiger partial charge is 0.478 e. The van der Waals surface area contributed by atoms with Crippen LogP contribution in [0, 0.1) is 5.92 Å². The second kappa shape index (κ2) is 10.2. The Hall–Kier alpha value is -2.90.